The van der Waals surface area contributed by atoms with Crippen molar-refractivity contribution in [2.75, 3.05) is 60.1 Å². The first-order valence-corrected chi connectivity index (χ1v) is 16.0. The topological polar surface area (TPSA) is 166 Å². The Labute approximate surface area is 238 Å². The molecular weight excluding hydrogens is 570 g/mol. The summed E-state index contributed by atoms with van der Waals surface area (Å²) < 4.78 is 55.1. The molecule has 2 aliphatic rings. The average Bonchev–Trinajstić information content (AvgIpc) is 3.54. The molecule has 0 aliphatic carbocycles. The van der Waals surface area contributed by atoms with E-state index in [1.165, 1.54) is 33.2 Å². The number of nitriles is 1. The Morgan fingerprint density at radius 3 is 2.41 bits per heavy atom. The molecule has 0 spiro atoms. The summed E-state index contributed by atoms with van der Waals surface area (Å²) in [5.41, 5.74) is 2.30. The Hall–Kier alpha value is -4.07. The van der Waals surface area contributed by atoms with Crippen LogP contribution in [0.4, 0.5) is 17.5 Å². The monoisotopic (exact) mass is 599 g/mol. The van der Waals surface area contributed by atoms with Crippen molar-refractivity contribution < 1.29 is 21.6 Å². The molecule has 216 valence electrons. The highest BCUT2D eigenvalue weighted by Gasteiger charge is 2.34. The minimum atomic E-state index is -3.81. The number of carbonyl (C=O) groups is 1. The molecule has 1 fully saturated rings. The number of benzene rings is 1. The Morgan fingerprint density at radius 1 is 1.05 bits per heavy atom. The standard InChI is InChI=1S/C25H29N9O5S2/c1-17-13-19(15-26)29-25(28-17)32-9-11-33(12-10-32)41(38,39)20-5-6-21-18(14-20)7-8-34(21)24(35)22-23(27-16-30(22)2)31(3)40(4,36)37/h5-6,13-14,16H,7-12H2,1-4H3. The lowest BCUT2D eigenvalue weighted by molar-refractivity contribution is 0.0982. The fourth-order valence-corrected chi connectivity index (χ4v) is 6.88. The number of carbonyl (C=O) groups excluding carboxylic acids is 1. The number of amides is 1. The average molecular weight is 600 g/mol. The van der Waals surface area contributed by atoms with E-state index in [0.717, 1.165) is 10.6 Å². The molecule has 1 saturated heterocycles. The van der Waals surface area contributed by atoms with Gasteiger partial charge in [0.05, 0.1) is 17.5 Å². The number of hydrogen-bond donors (Lipinski definition) is 0. The van der Waals surface area contributed by atoms with Crippen LogP contribution in [0.1, 0.15) is 27.4 Å². The van der Waals surface area contributed by atoms with Crippen LogP contribution in [0.25, 0.3) is 0 Å². The zero-order valence-corrected chi connectivity index (χ0v) is 24.6. The first-order valence-electron chi connectivity index (χ1n) is 12.7. The molecule has 0 N–H and O–H groups in total. The first-order chi connectivity index (χ1) is 19.3. The SMILES string of the molecule is Cc1cc(C#N)nc(N2CCN(S(=O)(=O)c3ccc4c(c3)CCN4C(=O)c3c(N(C)S(C)(=O)=O)ncn3C)CC2)n1. The predicted octanol–water partition coefficient (Wildman–Crippen LogP) is 0.500. The molecule has 41 heavy (non-hydrogen) atoms. The minimum absolute atomic E-state index is 0.0201. The summed E-state index contributed by atoms with van der Waals surface area (Å²) >= 11 is 0. The third-order valence-corrected chi connectivity index (χ3v) is 10.3. The van der Waals surface area contributed by atoms with Crippen molar-refractivity contribution >= 4 is 43.4 Å². The maximum atomic E-state index is 13.6. The molecule has 3 aromatic rings. The highest BCUT2D eigenvalue weighted by molar-refractivity contribution is 7.92. The van der Waals surface area contributed by atoms with Crippen molar-refractivity contribution in [2.24, 2.45) is 7.05 Å². The number of fused-ring (bicyclic) bond motifs is 1. The Balaban J connectivity index is 1.34. The van der Waals surface area contributed by atoms with Crippen molar-refractivity contribution in [2.45, 2.75) is 18.2 Å². The molecule has 2 aliphatic heterocycles. The number of imidazole rings is 1. The molecule has 0 atom stereocenters. The normalized spacial score (nSPS) is 16.0. The van der Waals surface area contributed by atoms with E-state index >= 15 is 0 Å². The second-order valence-electron chi connectivity index (χ2n) is 9.95. The third-order valence-electron chi connectivity index (χ3n) is 7.22. The second kappa shape index (κ2) is 10.4. The zero-order chi connectivity index (χ0) is 29.7. The van der Waals surface area contributed by atoms with Gasteiger partial charge in [0.15, 0.2) is 11.5 Å². The van der Waals surface area contributed by atoms with Crippen LogP contribution in [0.2, 0.25) is 0 Å². The summed E-state index contributed by atoms with van der Waals surface area (Å²) in [6.45, 7) is 3.27. The van der Waals surface area contributed by atoms with Gasteiger partial charge < -0.3 is 14.4 Å². The highest BCUT2D eigenvalue weighted by atomic mass is 32.2. The largest absolute Gasteiger partial charge is 0.338 e. The van der Waals surface area contributed by atoms with Crippen molar-refractivity contribution in [3.63, 3.8) is 0 Å². The van der Waals surface area contributed by atoms with Gasteiger partial charge in [0.2, 0.25) is 26.0 Å². The molecule has 0 saturated carbocycles. The second-order valence-corrected chi connectivity index (χ2v) is 13.9. The van der Waals surface area contributed by atoms with E-state index in [4.69, 9.17) is 0 Å². The molecule has 0 radical (unpaired) electrons. The lowest BCUT2D eigenvalue weighted by Crippen LogP contribution is -2.49. The van der Waals surface area contributed by atoms with Gasteiger partial charge in [-0.1, -0.05) is 0 Å². The van der Waals surface area contributed by atoms with Gasteiger partial charge in [0.1, 0.15) is 11.8 Å². The van der Waals surface area contributed by atoms with Gasteiger partial charge in [0, 0.05) is 58.2 Å². The van der Waals surface area contributed by atoms with Crippen molar-refractivity contribution in [3.05, 3.63) is 53.2 Å². The van der Waals surface area contributed by atoms with Crippen LogP contribution in [-0.4, -0.2) is 92.6 Å². The fourth-order valence-electron chi connectivity index (χ4n) is 4.96. The van der Waals surface area contributed by atoms with Crippen molar-refractivity contribution in [1.29, 1.82) is 5.26 Å². The summed E-state index contributed by atoms with van der Waals surface area (Å²) in [7, 11) is -4.51. The van der Waals surface area contributed by atoms with E-state index in [1.807, 2.05) is 11.0 Å². The Kier molecular flexibility index (Phi) is 7.22. The van der Waals surface area contributed by atoms with Gasteiger partial charge in [-0.05, 0) is 43.2 Å². The van der Waals surface area contributed by atoms with E-state index in [-0.39, 0.29) is 35.2 Å². The molecule has 1 amide bonds. The number of aryl methyl sites for hydroxylation is 2. The molecule has 14 nitrogen and oxygen atoms in total. The van der Waals surface area contributed by atoms with Crippen LogP contribution in [0, 0.1) is 18.3 Å². The van der Waals surface area contributed by atoms with Crippen molar-refractivity contribution in [1.82, 2.24) is 23.8 Å². The predicted molar refractivity (Wildman–Crippen MR) is 151 cm³/mol. The summed E-state index contributed by atoms with van der Waals surface area (Å²) in [6.07, 6.45) is 2.85. The molecule has 2 aromatic heterocycles. The number of nitrogens with zero attached hydrogens (tertiary/aromatic N) is 9. The summed E-state index contributed by atoms with van der Waals surface area (Å²) in [6, 6.07) is 8.31. The van der Waals surface area contributed by atoms with Crippen LogP contribution < -0.4 is 14.1 Å². The van der Waals surface area contributed by atoms with Gasteiger partial charge in [0.25, 0.3) is 5.91 Å². The molecule has 5 rings (SSSR count). The minimum Gasteiger partial charge on any atom is -0.338 e. The van der Waals surface area contributed by atoms with Crippen LogP contribution in [0.3, 0.4) is 0 Å². The zero-order valence-electron chi connectivity index (χ0n) is 23.0. The lowest BCUT2D eigenvalue weighted by Gasteiger charge is -2.34. The summed E-state index contributed by atoms with van der Waals surface area (Å²) in [5, 5.41) is 9.20. The molecule has 0 bridgehead atoms. The Bertz CT molecular complexity index is 1790. The maximum absolute atomic E-state index is 13.6. The lowest BCUT2D eigenvalue weighted by atomic mass is 10.2. The van der Waals surface area contributed by atoms with E-state index in [0.29, 0.717) is 48.9 Å². The molecule has 0 unspecified atom stereocenters. The van der Waals surface area contributed by atoms with E-state index in [2.05, 4.69) is 15.0 Å². The molecule has 16 heteroatoms. The third kappa shape index (κ3) is 5.23. The molecule has 1 aromatic carbocycles. The Morgan fingerprint density at radius 2 is 1.76 bits per heavy atom. The van der Waals surface area contributed by atoms with Gasteiger partial charge in [-0.3, -0.25) is 9.10 Å². The smallest absolute Gasteiger partial charge is 0.278 e. The van der Waals surface area contributed by atoms with Crippen LogP contribution >= 0.6 is 0 Å². The van der Waals surface area contributed by atoms with E-state index in [1.54, 1.807) is 32.2 Å². The van der Waals surface area contributed by atoms with Crippen LogP contribution in [0.15, 0.2) is 35.5 Å². The van der Waals surface area contributed by atoms with Crippen LogP contribution in [0.5, 0.6) is 0 Å². The van der Waals surface area contributed by atoms with Gasteiger partial charge >= 0.3 is 0 Å². The first kappa shape index (κ1) is 28.5. The van der Waals surface area contributed by atoms with Gasteiger partial charge in [-0.15, -0.1) is 0 Å². The maximum Gasteiger partial charge on any atom is 0.278 e. The number of hydrogen-bond acceptors (Lipinski definition) is 10. The number of anilines is 3. The van der Waals surface area contributed by atoms with Gasteiger partial charge in [-0.2, -0.15) is 9.57 Å². The quantitative estimate of drug-likeness (QED) is 0.389. The summed E-state index contributed by atoms with van der Waals surface area (Å²) in [4.78, 5) is 29.8. The number of aromatic nitrogens is 4. The van der Waals surface area contributed by atoms with E-state index in [9.17, 15) is 26.9 Å². The van der Waals surface area contributed by atoms with Gasteiger partial charge in [-0.25, -0.2) is 31.8 Å². The fraction of sp³-hybridized carbons (Fsp3) is 0.400. The van der Waals surface area contributed by atoms with Crippen molar-refractivity contribution in [3.8, 4) is 6.07 Å². The summed E-state index contributed by atoms with van der Waals surface area (Å²) in [5.74, 6) is -0.00852. The number of piperazine rings is 1. The van der Waals surface area contributed by atoms with E-state index < -0.39 is 26.0 Å². The molecular formula is C25H29N9O5S2. The highest BCUT2D eigenvalue weighted by Crippen LogP contribution is 2.34. The van der Waals surface area contributed by atoms with Crippen LogP contribution in [-0.2, 0) is 33.5 Å². The number of sulfonamides is 2. The molecule has 4 heterocycles. The number of rotatable bonds is 6.